The van der Waals surface area contributed by atoms with E-state index in [1.165, 1.54) is 4.88 Å². The van der Waals surface area contributed by atoms with Gasteiger partial charge >= 0.3 is 0 Å². The SMILES string of the molecule is O=C(NCc1ccc2c(c1)OCO2)c1ccc(-c2cccs2)cc1. The van der Waals surface area contributed by atoms with E-state index in [1.807, 2.05) is 53.9 Å². The minimum absolute atomic E-state index is 0.0922. The van der Waals surface area contributed by atoms with Gasteiger partial charge in [0.2, 0.25) is 6.79 Å². The van der Waals surface area contributed by atoms with Gasteiger partial charge in [0.25, 0.3) is 5.91 Å². The van der Waals surface area contributed by atoms with Crippen molar-refractivity contribution in [2.45, 2.75) is 6.54 Å². The Balaban J connectivity index is 1.41. The maximum absolute atomic E-state index is 12.3. The molecule has 1 aromatic heterocycles. The van der Waals surface area contributed by atoms with Crippen LogP contribution >= 0.6 is 11.3 Å². The first-order chi connectivity index (χ1) is 11.8. The second-order valence-electron chi connectivity index (χ2n) is 5.42. The van der Waals surface area contributed by atoms with Crippen LogP contribution in [0.3, 0.4) is 0 Å². The Labute approximate surface area is 143 Å². The van der Waals surface area contributed by atoms with E-state index in [2.05, 4.69) is 11.4 Å². The molecular formula is C19H15NO3S. The van der Waals surface area contributed by atoms with Crippen molar-refractivity contribution in [3.05, 3.63) is 71.1 Å². The fraction of sp³-hybridized carbons (Fsp3) is 0.105. The van der Waals surface area contributed by atoms with Gasteiger partial charge < -0.3 is 14.8 Å². The molecule has 4 rings (SSSR count). The molecule has 0 unspecified atom stereocenters. The summed E-state index contributed by atoms with van der Waals surface area (Å²) in [6.07, 6.45) is 0. The highest BCUT2D eigenvalue weighted by atomic mass is 32.1. The number of hydrogen-bond acceptors (Lipinski definition) is 4. The highest BCUT2D eigenvalue weighted by Crippen LogP contribution is 2.32. The molecule has 0 saturated heterocycles. The van der Waals surface area contributed by atoms with Crippen molar-refractivity contribution in [1.82, 2.24) is 5.32 Å². The molecule has 24 heavy (non-hydrogen) atoms. The number of benzene rings is 2. The van der Waals surface area contributed by atoms with Gasteiger partial charge in [-0.15, -0.1) is 11.3 Å². The predicted octanol–water partition coefficient (Wildman–Crippen LogP) is 4.07. The normalized spacial score (nSPS) is 12.2. The minimum atomic E-state index is -0.0922. The molecule has 1 N–H and O–H groups in total. The van der Waals surface area contributed by atoms with E-state index < -0.39 is 0 Å². The fourth-order valence-corrected chi connectivity index (χ4v) is 3.30. The third-order valence-corrected chi connectivity index (χ3v) is 4.76. The molecule has 1 aliphatic rings. The lowest BCUT2D eigenvalue weighted by molar-refractivity contribution is 0.0951. The Hall–Kier alpha value is -2.79. The molecule has 0 atom stereocenters. The van der Waals surface area contributed by atoms with E-state index in [0.29, 0.717) is 12.1 Å². The maximum Gasteiger partial charge on any atom is 0.251 e. The standard InChI is InChI=1S/C19H15NO3S/c21-19(15-6-4-14(5-7-15)18-2-1-9-24-18)20-11-13-3-8-16-17(10-13)23-12-22-16/h1-10H,11-12H2,(H,20,21). The highest BCUT2D eigenvalue weighted by Gasteiger charge is 2.13. The van der Waals surface area contributed by atoms with E-state index >= 15 is 0 Å². The summed E-state index contributed by atoms with van der Waals surface area (Å²) in [4.78, 5) is 13.5. The fourth-order valence-electron chi connectivity index (χ4n) is 2.56. The molecule has 0 saturated carbocycles. The van der Waals surface area contributed by atoms with Gasteiger partial charge in [0.1, 0.15) is 0 Å². The van der Waals surface area contributed by atoms with E-state index in [0.717, 1.165) is 22.6 Å². The van der Waals surface area contributed by atoms with Crippen LogP contribution in [0.1, 0.15) is 15.9 Å². The molecule has 0 bridgehead atoms. The van der Waals surface area contributed by atoms with Crippen LogP contribution in [0.5, 0.6) is 11.5 Å². The number of fused-ring (bicyclic) bond motifs is 1. The van der Waals surface area contributed by atoms with Crippen LogP contribution in [0.15, 0.2) is 60.0 Å². The van der Waals surface area contributed by atoms with Crippen molar-refractivity contribution < 1.29 is 14.3 Å². The first-order valence-electron chi connectivity index (χ1n) is 7.60. The zero-order valence-electron chi connectivity index (χ0n) is 12.8. The van der Waals surface area contributed by atoms with Gasteiger partial charge in [-0.2, -0.15) is 0 Å². The van der Waals surface area contributed by atoms with Gasteiger partial charge in [-0.25, -0.2) is 0 Å². The van der Waals surface area contributed by atoms with Crippen LogP contribution in [0.4, 0.5) is 0 Å². The molecule has 0 radical (unpaired) electrons. The molecule has 4 nitrogen and oxygen atoms in total. The van der Waals surface area contributed by atoms with E-state index in [9.17, 15) is 4.79 Å². The number of carbonyl (C=O) groups excluding carboxylic acids is 1. The summed E-state index contributed by atoms with van der Waals surface area (Å²) in [6.45, 7) is 0.698. The summed E-state index contributed by atoms with van der Waals surface area (Å²) in [5, 5.41) is 4.97. The monoisotopic (exact) mass is 337 g/mol. The van der Waals surface area contributed by atoms with Crippen molar-refractivity contribution in [1.29, 1.82) is 0 Å². The summed E-state index contributed by atoms with van der Waals surface area (Å²) in [5.41, 5.74) is 2.75. The average molecular weight is 337 g/mol. The number of carbonyl (C=O) groups is 1. The van der Waals surface area contributed by atoms with Crippen LogP contribution in [0, 0.1) is 0 Å². The second-order valence-corrected chi connectivity index (χ2v) is 6.37. The second kappa shape index (κ2) is 6.37. The Kier molecular flexibility index (Phi) is 3.92. The number of nitrogens with one attached hydrogen (secondary N) is 1. The molecule has 0 spiro atoms. The zero-order valence-corrected chi connectivity index (χ0v) is 13.6. The van der Waals surface area contributed by atoms with Crippen LogP contribution in [-0.2, 0) is 6.54 Å². The largest absolute Gasteiger partial charge is 0.454 e. The third kappa shape index (κ3) is 2.98. The lowest BCUT2D eigenvalue weighted by atomic mass is 10.1. The summed E-state index contributed by atoms with van der Waals surface area (Å²) >= 11 is 1.68. The lowest BCUT2D eigenvalue weighted by Crippen LogP contribution is -2.22. The van der Waals surface area contributed by atoms with E-state index in [-0.39, 0.29) is 12.7 Å². The molecule has 1 aliphatic heterocycles. The van der Waals surface area contributed by atoms with Crippen LogP contribution in [-0.4, -0.2) is 12.7 Å². The van der Waals surface area contributed by atoms with E-state index in [1.54, 1.807) is 11.3 Å². The summed E-state index contributed by atoms with van der Waals surface area (Å²) in [7, 11) is 0. The van der Waals surface area contributed by atoms with E-state index in [4.69, 9.17) is 9.47 Å². The molecule has 5 heteroatoms. The summed E-state index contributed by atoms with van der Waals surface area (Å²) in [5.74, 6) is 1.38. The highest BCUT2D eigenvalue weighted by molar-refractivity contribution is 7.13. The Morgan fingerprint density at radius 2 is 1.88 bits per heavy atom. The molecule has 2 heterocycles. The quantitative estimate of drug-likeness (QED) is 0.780. The first kappa shape index (κ1) is 14.8. The molecule has 3 aromatic rings. The zero-order chi connectivity index (χ0) is 16.4. The van der Waals surface area contributed by atoms with Crippen LogP contribution < -0.4 is 14.8 Å². The van der Waals surface area contributed by atoms with Crippen LogP contribution in [0.25, 0.3) is 10.4 Å². The number of thiophene rings is 1. The third-order valence-electron chi connectivity index (χ3n) is 3.84. The van der Waals surface area contributed by atoms with Gasteiger partial charge in [0.15, 0.2) is 11.5 Å². The number of rotatable bonds is 4. The van der Waals surface area contributed by atoms with Crippen molar-refractivity contribution in [3.8, 4) is 21.9 Å². The van der Waals surface area contributed by atoms with Crippen LogP contribution in [0.2, 0.25) is 0 Å². The maximum atomic E-state index is 12.3. The van der Waals surface area contributed by atoms with Crippen molar-refractivity contribution in [3.63, 3.8) is 0 Å². The van der Waals surface area contributed by atoms with Gasteiger partial charge in [0, 0.05) is 17.0 Å². The Morgan fingerprint density at radius 3 is 2.67 bits per heavy atom. The molecule has 0 fully saturated rings. The van der Waals surface area contributed by atoms with Gasteiger partial charge in [0.05, 0.1) is 0 Å². The molecular weight excluding hydrogens is 322 g/mol. The number of hydrogen-bond donors (Lipinski definition) is 1. The van der Waals surface area contributed by atoms with Crippen molar-refractivity contribution in [2.75, 3.05) is 6.79 Å². The minimum Gasteiger partial charge on any atom is -0.454 e. The molecule has 2 aromatic carbocycles. The van der Waals surface area contributed by atoms with Crippen molar-refractivity contribution in [2.24, 2.45) is 0 Å². The van der Waals surface area contributed by atoms with Gasteiger partial charge in [-0.3, -0.25) is 4.79 Å². The average Bonchev–Trinajstić information content (AvgIpc) is 3.31. The van der Waals surface area contributed by atoms with Gasteiger partial charge in [-0.1, -0.05) is 24.3 Å². The smallest absolute Gasteiger partial charge is 0.251 e. The Bertz CT molecular complexity index is 857. The topological polar surface area (TPSA) is 47.6 Å². The molecule has 0 aliphatic carbocycles. The molecule has 120 valence electrons. The summed E-state index contributed by atoms with van der Waals surface area (Å²) in [6, 6.07) is 17.4. The summed E-state index contributed by atoms with van der Waals surface area (Å²) < 4.78 is 10.6. The number of ether oxygens (including phenoxy) is 2. The predicted molar refractivity (Wildman–Crippen MR) is 93.5 cm³/mol. The molecule has 1 amide bonds. The number of amides is 1. The van der Waals surface area contributed by atoms with Crippen molar-refractivity contribution >= 4 is 17.2 Å². The Morgan fingerprint density at radius 1 is 1.04 bits per heavy atom. The first-order valence-corrected chi connectivity index (χ1v) is 8.48. The lowest BCUT2D eigenvalue weighted by Gasteiger charge is -2.07. The van der Waals surface area contributed by atoms with Gasteiger partial charge in [-0.05, 0) is 46.8 Å².